The van der Waals surface area contributed by atoms with Crippen LogP contribution in [0.15, 0.2) is 42.5 Å². The minimum absolute atomic E-state index is 0.206. The van der Waals surface area contributed by atoms with Gasteiger partial charge in [-0.3, -0.25) is 4.79 Å². The third-order valence-electron chi connectivity index (χ3n) is 3.73. The molecular weight excluding hydrogens is 291 g/mol. The molecule has 1 amide bonds. The van der Waals surface area contributed by atoms with Gasteiger partial charge in [-0.2, -0.15) is 0 Å². The molecule has 0 aliphatic rings. The van der Waals surface area contributed by atoms with Crippen molar-refractivity contribution in [1.29, 1.82) is 0 Å². The van der Waals surface area contributed by atoms with E-state index in [1.165, 1.54) is 11.6 Å². The van der Waals surface area contributed by atoms with E-state index >= 15 is 0 Å². The zero-order valence-corrected chi connectivity index (χ0v) is 13.8. The molecule has 4 heteroatoms. The normalized spacial score (nSPS) is 10.7. The highest BCUT2D eigenvalue weighted by Crippen LogP contribution is 2.27. The van der Waals surface area contributed by atoms with E-state index in [4.69, 9.17) is 0 Å². The van der Waals surface area contributed by atoms with Crippen molar-refractivity contribution in [2.75, 3.05) is 17.2 Å². The van der Waals surface area contributed by atoms with Crippen LogP contribution in [0.5, 0.6) is 0 Å². The SMILES string of the molecule is Cc1cccc(C(C)C)c1NCCC(=O)Nc1ccccc1F. The smallest absolute Gasteiger partial charge is 0.226 e. The number of hydrogen-bond acceptors (Lipinski definition) is 2. The van der Waals surface area contributed by atoms with Crippen LogP contribution in [-0.2, 0) is 4.79 Å². The zero-order valence-electron chi connectivity index (χ0n) is 13.8. The standard InChI is InChI=1S/C19H23FN2O/c1-13(2)15-8-6-7-14(3)19(15)21-12-11-18(23)22-17-10-5-4-9-16(17)20/h4-10,13,21H,11-12H2,1-3H3,(H,22,23). The predicted molar refractivity (Wildman–Crippen MR) is 93.4 cm³/mol. The van der Waals surface area contributed by atoms with Crippen molar-refractivity contribution in [2.45, 2.75) is 33.1 Å². The number of para-hydroxylation sites is 2. The number of hydrogen-bond donors (Lipinski definition) is 2. The first-order chi connectivity index (χ1) is 11.0. The van der Waals surface area contributed by atoms with Crippen molar-refractivity contribution >= 4 is 17.3 Å². The minimum atomic E-state index is -0.421. The van der Waals surface area contributed by atoms with E-state index in [9.17, 15) is 9.18 Å². The van der Waals surface area contributed by atoms with Gasteiger partial charge in [0.25, 0.3) is 0 Å². The number of amides is 1. The van der Waals surface area contributed by atoms with Crippen LogP contribution in [0.2, 0.25) is 0 Å². The average Bonchev–Trinajstić information content (AvgIpc) is 2.51. The summed E-state index contributed by atoms with van der Waals surface area (Å²) in [5.41, 5.74) is 3.70. The second kappa shape index (κ2) is 7.77. The first-order valence-electron chi connectivity index (χ1n) is 7.86. The van der Waals surface area contributed by atoms with E-state index in [2.05, 4.69) is 30.5 Å². The van der Waals surface area contributed by atoms with Gasteiger partial charge in [0.1, 0.15) is 5.82 Å². The molecule has 23 heavy (non-hydrogen) atoms. The van der Waals surface area contributed by atoms with Gasteiger partial charge in [-0.25, -0.2) is 4.39 Å². The fourth-order valence-corrected chi connectivity index (χ4v) is 2.49. The summed E-state index contributed by atoms with van der Waals surface area (Å²) in [7, 11) is 0. The zero-order chi connectivity index (χ0) is 16.8. The van der Waals surface area contributed by atoms with Crippen molar-refractivity contribution in [3.8, 4) is 0 Å². The van der Waals surface area contributed by atoms with Gasteiger partial charge < -0.3 is 10.6 Å². The number of rotatable bonds is 6. The van der Waals surface area contributed by atoms with E-state index in [0.717, 1.165) is 11.3 Å². The molecule has 0 spiro atoms. The van der Waals surface area contributed by atoms with Crippen LogP contribution >= 0.6 is 0 Å². The average molecular weight is 314 g/mol. The van der Waals surface area contributed by atoms with Gasteiger partial charge in [-0.15, -0.1) is 0 Å². The molecule has 0 saturated heterocycles. The molecule has 2 aromatic rings. The highest BCUT2D eigenvalue weighted by molar-refractivity contribution is 5.91. The molecule has 0 aliphatic carbocycles. The maximum absolute atomic E-state index is 13.5. The van der Waals surface area contributed by atoms with E-state index in [1.807, 2.05) is 19.1 Å². The lowest BCUT2D eigenvalue weighted by Crippen LogP contribution is -2.17. The molecule has 2 N–H and O–H groups in total. The van der Waals surface area contributed by atoms with Crippen molar-refractivity contribution in [3.63, 3.8) is 0 Å². The Morgan fingerprint density at radius 1 is 1.13 bits per heavy atom. The summed E-state index contributed by atoms with van der Waals surface area (Å²) in [6, 6.07) is 12.4. The first kappa shape index (κ1) is 17.0. The van der Waals surface area contributed by atoms with Crippen LogP contribution in [0, 0.1) is 12.7 Å². The number of halogens is 1. The summed E-state index contributed by atoms with van der Waals surface area (Å²) in [6.45, 7) is 6.84. The topological polar surface area (TPSA) is 41.1 Å². The molecule has 0 aliphatic heterocycles. The Morgan fingerprint density at radius 2 is 1.87 bits per heavy atom. The van der Waals surface area contributed by atoms with Gasteiger partial charge in [0.05, 0.1) is 5.69 Å². The molecule has 0 aromatic heterocycles. The van der Waals surface area contributed by atoms with E-state index in [1.54, 1.807) is 18.2 Å². The van der Waals surface area contributed by atoms with Gasteiger partial charge in [0.2, 0.25) is 5.91 Å². The third kappa shape index (κ3) is 4.55. The highest BCUT2D eigenvalue weighted by atomic mass is 19.1. The predicted octanol–water partition coefficient (Wildman–Crippen LogP) is 4.70. The largest absolute Gasteiger partial charge is 0.384 e. The van der Waals surface area contributed by atoms with E-state index in [-0.39, 0.29) is 18.0 Å². The lowest BCUT2D eigenvalue weighted by atomic mass is 9.98. The first-order valence-corrected chi connectivity index (χ1v) is 7.86. The summed E-state index contributed by atoms with van der Waals surface area (Å²) < 4.78 is 13.5. The summed E-state index contributed by atoms with van der Waals surface area (Å²) >= 11 is 0. The Bertz CT molecular complexity index is 683. The fraction of sp³-hybridized carbons (Fsp3) is 0.316. The molecule has 0 unspecified atom stereocenters. The van der Waals surface area contributed by atoms with E-state index < -0.39 is 5.82 Å². The van der Waals surface area contributed by atoms with Crippen LogP contribution in [0.1, 0.15) is 37.3 Å². The number of carbonyl (C=O) groups is 1. The molecule has 0 saturated carbocycles. The van der Waals surface area contributed by atoms with E-state index in [0.29, 0.717) is 12.5 Å². The summed E-state index contributed by atoms with van der Waals surface area (Å²) in [5.74, 6) is -0.221. The molecule has 122 valence electrons. The van der Waals surface area contributed by atoms with Gasteiger partial charge in [-0.05, 0) is 36.1 Å². The van der Waals surface area contributed by atoms with Crippen LogP contribution in [-0.4, -0.2) is 12.5 Å². The van der Waals surface area contributed by atoms with Crippen LogP contribution < -0.4 is 10.6 Å². The Morgan fingerprint density at radius 3 is 2.57 bits per heavy atom. The molecule has 2 aromatic carbocycles. The number of aryl methyl sites for hydroxylation is 1. The molecule has 0 heterocycles. The van der Waals surface area contributed by atoms with Gasteiger partial charge in [0, 0.05) is 18.7 Å². The van der Waals surface area contributed by atoms with Gasteiger partial charge in [0.15, 0.2) is 0 Å². The maximum Gasteiger partial charge on any atom is 0.226 e. The summed E-state index contributed by atoms with van der Waals surface area (Å²) in [4.78, 5) is 11.9. The third-order valence-corrected chi connectivity index (χ3v) is 3.73. The van der Waals surface area contributed by atoms with Crippen LogP contribution in [0.4, 0.5) is 15.8 Å². The lowest BCUT2D eigenvalue weighted by molar-refractivity contribution is -0.116. The van der Waals surface area contributed by atoms with Crippen molar-refractivity contribution < 1.29 is 9.18 Å². The number of benzene rings is 2. The monoisotopic (exact) mass is 314 g/mol. The summed E-state index contributed by atoms with van der Waals surface area (Å²) in [6.07, 6.45) is 0.278. The molecule has 0 bridgehead atoms. The molecule has 0 fully saturated rings. The quantitative estimate of drug-likeness (QED) is 0.811. The Balaban J connectivity index is 1.93. The highest BCUT2D eigenvalue weighted by Gasteiger charge is 2.10. The van der Waals surface area contributed by atoms with Crippen molar-refractivity contribution in [3.05, 3.63) is 59.4 Å². The molecule has 3 nitrogen and oxygen atoms in total. The Labute approximate surface area is 136 Å². The fourth-order valence-electron chi connectivity index (χ4n) is 2.49. The van der Waals surface area contributed by atoms with Crippen LogP contribution in [0.3, 0.4) is 0 Å². The summed E-state index contributed by atoms with van der Waals surface area (Å²) in [5, 5.41) is 5.93. The number of nitrogens with one attached hydrogen (secondary N) is 2. The lowest BCUT2D eigenvalue weighted by Gasteiger charge is -2.17. The maximum atomic E-state index is 13.5. The number of carbonyl (C=O) groups excluding carboxylic acids is 1. The van der Waals surface area contributed by atoms with Crippen LogP contribution in [0.25, 0.3) is 0 Å². The second-order valence-electron chi connectivity index (χ2n) is 5.90. The van der Waals surface area contributed by atoms with Gasteiger partial charge >= 0.3 is 0 Å². The molecule has 0 atom stereocenters. The second-order valence-corrected chi connectivity index (χ2v) is 5.90. The van der Waals surface area contributed by atoms with Crippen molar-refractivity contribution in [2.24, 2.45) is 0 Å². The van der Waals surface area contributed by atoms with Crippen molar-refractivity contribution in [1.82, 2.24) is 0 Å². The van der Waals surface area contributed by atoms with Gasteiger partial charge in [-0.1, -0.05) is 44.2 Å². The number of anilines is 2. The molecular formula is C19H23FN2O. The Hall–Kier alpha value is -2.36. The minimum Gasteiger partial charge on any atom is -0.384 e. The Kier molecular flexibility index (Phi) is 5.74. The molecule has 2 rings (SSSR count). The molecule has 0 radical (unpaired) electrons.